The molecule has 10 heteroatoms. The second kappa shape index (κ2) is 11.9. The predicted octanol–water partition coefficient (Wildman–Crippen LogP) is 4.40. The normalized spacial score (nSPS) is 12.4. The summed E-state index contributed by atoms with van der Waals surface area (Å²) in [5.74, 6) is -0.847. The molecule has 0 unspecified atom stereocenters. The minimum atomic E-state index is -3.78. The molecule has 0 heterocycles. The molecule has 2 rings (SSSR count). The highest BCUT2D eigenvalue weighted by atomic mass is 35.5. The van der Waals surface area contributed by atoms with Gasteiger partial charge in [-0.2, -0.15) is 0 Å². The average molecular weight is 529 g/mol. The summed E-state index contributed by atoms with van der Waals surface area (Å²) < 4.78 is 26.2. The zero-order valence-electron chi connectivity index (χ0n) is 20.0. The van der Waals surface area contributed by atoms with Gasteiger partial charge in [0.15, 0.2) is 0 Å². The van der Waals surface area contributed by atoms with Gasteiger partial charge in [0.25, 0.3) is 0 Å². The number of nitrogens with zero attached hydrogens (tertiary/aromatic N) is 2. The molecule has 7 nitrogen and oxygen atoms in total. The fourth-order valence-corrected chi connectivity index (χ4v) is 4.78. The number of halogens is 2. The second-order valence-electron chi connectivity index (χ2n) is 8.45. The van der Waals surface area contributed by atoms with E-state index >= 15 is 0 Å². The monoisotopic (exact) mass is 527 g/mol. The number of amides is 2. The standard InChI is InChI=1S/C24H31Cl2N3O4S/c1-6-22(24(31)27-16(2)3)28(14-18-9-10-19(25)13-21(18)26)23(30)15-29(34(5,32)33)20-11-7-17(4)8-12-20/h7-13,16,22H,6,14-15H2,1-5H3,(H,27,31)/t22-/m0/s1. The highest BCUT2D eigenvalue weighted by molar-refractivity contribution is 7.92. The molecule has 0 aliphatic carbocycles. The summed E-state index contributed by atoms with van der Waals surface area (Å²) in [4.78, 5) is 27.9. The Morgan fingerprint density at radius 3 is 2.18 bits per heavy atom. The van der Waals surface area contributed by atoms with Crippen molar-refractivity contribution in [3.63, 3.8) is 0 Å². The Bertz CT molecular complexity index is 1120. The first-order chi connectivity index (χ1) is 15.8. The van der Waals surface area contributed by atoms with Crippen molar-refractivity contribution in [2.24, 2.45) is 0 Å². The molecule has 0 saturated carbocycles. The Kier molecular flexibility index (Phi) is 9.79. The van der Waals surface area contributed by atoms with Crippen LogP contribution in [0.25, 0.3) is 0 Å². The van der Waals surface area contributed by atoms with Crippen molar-refractivity contribution in [3.8, 4) is 0 Å². The number of hydrogen-bond donors (Lipinski definition) is 1. The molecule has 2 amide bonds. The number of nitrogens with one attached hydrogen (secondary N) is 1. The van der Waals surface area contributed by atoms with Crippen molar-refractivity contribution in [1.29, 1.82) is 0 Å². The fourth-order valence-electron chi connectivity index (χ4n) is 3.46. The van der Waals surface area contributed by atoms with Gasteiger partial charge >= 0.3 is 0 Å². The van der Waals surface area contributed by atoms with Crippen molar-refractivity contribution < 1.29 is 18.0 Å². The maximum absolute atomic E-state index is 13.6. The topological polar surface area (TPSA) is 86.8 Å². The molecular formula is C24H31Cl2N3O4S. The SMILES string of the molecule is CC[C@@H](C(=O)NC(C)C)N(Cc1ccc(Cl)cc1Cl)C(=O)CN(c1ccc(C)cc1)S(C)(=O)=O. The van der Waals surface area contributed by atoms with E-state index in [4.69, 9.17) is 23.2 Å². The van der Waals surface area contributed by atoms with Gasteiger partial charge in [0.05, 0.1) is 11.9 Å². The van der Waals surface area contributed by atoms with E-state index < -0.39 is 28.5 Å². The third-order valence-electron chi connectivity index (χ3n) is 5.17. The van der Waals surface area contributed by atoms with Crippen LogP contribution in [-0.2, 0) is 26.2 Å². The van der Waals surface area contributed by atoms with Gasteiger partial charge in [0.2, 0.25) is 21.8 Å². The Morgan fingerprint density at radius 1 is 1.06 bits per heavy atom. The summed E-state index contributed by atoms with van der Waals surface area (Å²) in [6, 6.07) is 10.8. The molecule has 2 aromatic rings. The number of rotatable bonds is 10. The molecule has 1 N–H and O–H groups in total. The van der Waals surface area contributed by atoms with Crippen LogP contribution in [0.1, 0.15) is 38.3 Å². The summed E-state index contributed by atoms with van der Waals surface area (Å²) >= 11 is 12.4. The quantitative estimate of drug-likeness (QED) is 0.495. The van der Waals surface area contributed by atoms with Gasteiger partial charge in [-0.3, -0.25) is 13.9 Å². The largest absolute Gasteiger partial charge is 0.352 e. The first-order valence-corrected chi connectivity index (χ1v) is 13.5. The predicted molar refractivity (Wildman–Crippen MR) is 138 cm³/mol. The van der Waals surface area contributed by atoms with E-state index in [0.29, 0.717) is 27.7 Å². The molecule has 0 bridgehead atoms. The molecule has 0 aliphatic rings. The van der Waals surface area contributed by atoms with E-state index in [1.807, 2.05) is 20.8 Å². The summed E-state index contributed by atoms with van der Waals surface area (Å²) in [5.41, 5.74) is 1.92. The van der Waals surface area contributed by atoms with E-state index in [2.05, 4.69) is 5.32 Å². The first-order valence-electron chi connectivity index (χ1n) is 10.9. The van der Waals surface area contributed by atoms with E-state index in [-0.39, 0.29) is 18.5 Å². The van der Waals surface area contributed by atoms with Crippen molar-refractivity contribution in [2.45, 2.75) is 52.7 Å². The van der Waals surface area contributed by atoms with E-state index in [1.165, 1.54) is 4.90 Å². The minimum absolute atomic E-state index is 0.0182. The molecule has 1 atom stereocenters. The third-order valence-corrected chi connectivity index (χ3v) is 6.90. The maximum atomic E-state index is 13.6. The number of sulfonamides is 1. The first kappa shape index (κ1) is 28.0. The number of anilines is 1. The van der Waals surface area contributed by atoms with E-state index in [0.717, 1.165) is 16.1 Å². The van der Waals surface area contributed by atoms with Crippen molar-refractivity contribution in [3.05, 3.63) is 63.6 Å². The zero-order valence-corrected chi connectivity index (χ0v) is 22.3. The van der Waals surface area contributed by atoms with Crippen LogP contribution < -0.4 is 9.62 Å². The zero-order chi connectivity index (χ0) is 25.6. The van der Waals surface area contributed by atoms with Crippen LogP contribution in [0, 0.1) is 6.92 Å². The van der Waals surface area contributed by atoms with Gasteiger partial charge in [-0.05, 0) is 57.0 Å². The number of aryl methyl sites for hydroxylation is 1. The molecule has 0 spiro atoms. The van der Waals surface area contributed by atoms with Gasteiger partial charge in [-0.15, -0.1) is 0 Å². The van der Waals surface area contributed by atoms with Crippen LogP contribution in [-0.4, -0.2) is 50.0 Å². The lowest BCUT2D eigenvalue weighted by atomic mass is 10.1. The number of benzene rings is 2. The smallest absolute Gasteiger partial charge is 0.244 e. The fraction of sp³-hybridized carbons (Fsp3) is 0.417. The van der Waals surface area contributed by atoms with Crippen molar-refractivity contribution in [2.75, 3.05) is 17.1 Å². The van der Waals surface area contributed by atoms with Crippen LogP contribution in [0.15, 0.2) is 42.5 Å². The Hall–Kier alpha value is -2.29. The summed E-state index contributed by atoms with van der Waals surface area (Å²) in [7, 11) is -3.78. The number of carbonyl (C=O) groups is 2. The molecular weight excluding hydrogens is 497 g/mol. The summed E-state index contributed by atoms with van der Waals surface area (Å²) in [5, 5.41) is 3.63. The summed E-state index contributed by atoms with van der Waals surface area (Å²) in [6.07, 6.45) is 1.38. The average Bonchev–Trinajstić information content (AvgIpc) is 2.72. The van der Waals surface area contributed by atoms with Gasteiger partial charge in [0.1, 0.15) is 12.6 Å². The highest BCUT2D eigenvalue weighted by Crippen LogP contribution is 2.25. The number of hydrogen-bond acceptors (Lipinski definition) is 4. The Morgan fingerprint density at radius 2 is 1.68 bits per heavy atom. The third kappa shape index (κ3) is 7.61. The lowest BCUT2D eigenvalue weighted by molar-refractivity contribution is -0.140. The van der Waals surface area contributed by atoms with Crippen molar-refractivity contribution in [1.82, 2.24) is 10.2 Å². The van der Waals surface area contributed by atoms with Crippen LogP contribution in [0.2, 0.25) is 10.0 Å². The minimum Gasteiger partial charge on any atom is -0.352 e. The van der Waals surface area contributed by atoms with Gasteiger partial charge in [-0.1, -0.05) is 53.9 Å². The molecule has 0 fully saturated rings. The van der Waals surface area contributed by atoms with E-state index in [1.54, 1.807) is 49.4 Å². The highest BCUT2D eigenvalue weighted by Gasteiger charge is 2.32. The molecule has 0 saturated heterocycles. The lowest BCUT2D eigenvalue weighted by Crippen LogP contribution is -2.53. The Labute approximate surface area is 212 Å². The van der Waals surface area contributed by atoms with Gasteiger partial charge in [-0.25, -0.2) is 8.42 Å². The van der Waals surface area contributed by atoms with Crippen LogP contribution in [0.5, 0.6) is 0 Å². The second-order valence-corrected chi connectivity index (χ2v) is 11.2. The molecule has 186 valence electrons. The van der Waals surface area contributed by atoms with Crippen LogP contribution in [0.4, 0.5) is 5.69 Å². The number of carbonyl (C=O) groups excluding carboxylic acids is 2. The molecule has 0 radical (unpaired) electrons. The van der Waals surface area contributed by atoms with Crippen LogP contribution >= 0.6 is 23.2 Å². The van der Waals surface area contributed by atoms with Crippen molar-refractivity contribution >= 4 is 50.7 Å². The Balaban J connectivity index is 2.46. The maximum Gasteiger partial charge on any atom is 0.244 e. The van der Waals surface area contributed by atoms with Gasteiger partial charge < -0.3 is 10.2 Å². The van der Waals surface area contributed by atoms with E-state index in [9.17, 15) is 18.0 Å². The summed E-state index contributed by atoms with van der Waals surface area (Å²) in [6.45, 7) is 6.90. The van der Waals surface area contributed by atoms with Gasteiger partial charge in [0, 0.05) is 22.6 Å². The molecule has 0 aliphatic heterocycles. The lowest BCUT2D eigenvalue weighted by Gasteiger charge is -2.33. The molecule has 0 aromatic heterocycles. The van der Waals surface area contributed by atoms with Crippen LogP contribution in [0.3, 0.4) is 0 Å². The molecule has 34 heavy (non-hydrogen) atoms. The molecule has 2 aromatic carbocycles.